The van der Waals surface area contributed by atoms with E-state index < -0.39 is 5.41 Å². The van der Waals surface area contributed by atoms with Gasteiger partial charge in [0, 0.05) is 18.5 Å². The number of nitrogens with two attached hydrogens (primary N) is 1. The number of halogens is 2. The van der Waals surface area contributed by atoms with Crippen LogP contribution in [-0.2, 0) is 4.79 Å². The maximum atomic E-state index is 13.2. The highest BCUT2D eigenvalue weighted by atomic mass is 35.5. The van der Waals surface area contributed by atoms with Gasteiger partial charge in [0.1, 0.15) is 5.82 Å². The number of nitrogens with one attached hydrogen (secondary N) is 1. The smallest absolute Gasteiger partial charge is 0.227 e. The summed E-state index contributed by atoms with van der Waals surface area (Å²) in [6.45, 7) is 4.35. The first kappa shape index (κ1) is 17.9. The molecule has 1 aromatic rings. The second-order valence-corrected chi connectivity index (χ2v) is 5.67. The first-order valence-corrected chi connectivity index (χ1v) is 7.32. The predicted molar refractivity (Wildman–Crippen MR) is 85.0 cm³/mol. The quantitative estimate of drug-likeness (QED) is 0.848. The Morgan fingerprint density at radius 2 is 2.10 bits per heavy atom. The van der Waals surface area contributed by atoms with Crippen molar-refractivity contribution in [3.05, 3.63) is 35.6 Å². The van der Waals surface area contributed by atoms with Crippen molar-refractivity contribution in [3.63, 3.8) is 0 Å². The molecule has 1 aromatic carbocycles. The predicted octanol–water partition coefficient (Wildman–Crippen LogP) is 2.98. The summed E-state index contributed by atoms with van der Waals surface area (Å²) in [7, 11) is 0. The maximum Gasteiger partial charge on any atom is 0.227 e. The van der Waals surface area contributed by atoms with Crippen LogP contribution >= 0.6 is 12.4 Å². The van der Waals surface area contributed by atoms with Gasteiger partial charge in [0.25, 0.3) is 0 Å². The number of carbonyl (C=O) groups is 1. The number of rotatable bonds is 6. The molecule has 0 saturated heterocycles. The number of amides is 1. The van der Waals surface area contributed by atoms with Gasteiger partial charge in [0.15, 0.2) is 0 Å². The summed E-state index contributed by atoms with van der Waals surface area (Å²) < 4.78 is 13.2. The topological polar surface area (TPSA) is 55.1 Å². The molecule has 118 valence electrons. The van der Waals surface area contributed by atoms with Crippen molar-refractivity contribution >= 4 is 18.3 Å². The van der Waals surface area contributed by atoms with Gasteiger partial charge in [-0.2, -0.15) is 0 Å². The van der Waals surface area contributed by atoms with Crippen molar-refractivity contribution in [2.24, 2.45) is 11.1 Å². The Balaban J connectivity index is 0.00000220. The average Bonchev–Trinajstić information content (AvgIpc) is 3.21. The first-order valence-electron chi connectivity index (χ1n) is 7.32. The van der Waals surface area contributed by atoms with Gasteiger partial charge in [-0.1, -0.05) is 26.0 Å². The van der Waals surface area contributed by atoms with Crippen LogP contribution in [0.25, 0.3) is 0 Å². The zero-order valence-corrected chi connectivity index (χ0v) is 13.4. The van der Waals surface area contributed by atoms with Crippen LogP contribution in [0.15, 0.2) is 24.3 Å². The molecule has 5 heteroatoms. The number of hydrogen-bond acceptors (Lipinski definition) is 2. The molecule has 0 bridgehead atoms. The Morgan fingerprint density at radius 3 is 2.62 bits per heavy atom. The molecule has 1 saturated carbocycles. The second kappa shape index (κ2) is 7.23. The molecular weight excluding hydrogens is 291 g/mol. The molecule has 0 aromatic heterocycles. The van der Waals surface area contributed by atoms with Gasteiger partial charge in [-0.25, -0.2) is 4.39 Å². The molecule has 1 fully saturated rings. The molecule has 0 aliphatic heterocycles. The normalized spacial score (nSPS) is 20.6. The van der Waals surface area contributed by atoms with E-state index in [9.17, 15) is 9.18 Å². The van der Waals surface area contributed by atoms with Crippen LogP contribution in [0.5, 0.6) is 0 Å². The minimum absolute atomic E-state index is 0. The van der Waals surface area contributed by atoms with Crippen LogP contribution in [0.4, 0.5) is 4.39 Å². The second-order valence-electron chi connectivity index (χ2n) is 5.67. The summed E-state index contributed by atoms with van der Waals surface area (Å²) in [4.78, 5) is 12.4. The number of hydrogen-bond donors (Lipinski definition) is 2. The Morgan fingerprint density at radius 1 is 1.43 bits per heavy atom. The van der Waals surface area contributed by atoms with E-state index in [0.29, 0.717) is 6.54 Å². The molecule has 0 radical (unpaired) electrons. The molecule has 0 heterocycles. The molecule has 1 aliphatic rings. The Labute approximate surface area is 131 Å². The van der Waals surface area contributed by atoms with Crippen molar-refractivity contribution in [1.29, 1.82) is 0 Å². The van der Waals surface area contributed by atoms with Crippen molar-refractivity contribution in [3.8, 4) is 0 Å². The average molecular weight is 315 g/mol. The van der Waals surface area contributed by atoms with Crippen molar-refractivity contribution in [2.45, 2.75) is 45.1 Å². The van der Waals surface area contributed by atoms with Crippen molar-refractivity contribution in [1.82, 2.24) is 5.32 Å². The van der Waals surface area contributed by atoms with Gasteiger partial charge in [-0.05, 0) is 37.0 Å². The summed E-state index contributed by atoms with van der Waals surface area (Å²) in [6.07, 6.45) is 2.36. The van der Waals surface area contributed by atoms with Crippen LogP contribution < -0.4 is 11.1 Å². The molecule has 0 spiro atoms. The maximum absolute atomic E-state index is 13.2. The first-order chi connectivity index (χ1) is 9.56. The van der Waals surface area contributed by atoms with Gasteiger partial charge < -0.3 is 11.1 Å². The van der Waals surface area contributed by atoms with E-state index in [1.807, 2.05) is 19.9 Å². The molecule has 1 amide bonds. The minimum Gasteiger partial charge on any atom is -0.352 e. The van der Waals surface area contributed by atoms with Gasteiger partial charge in [0.05, 0.1) is 5.41 Å². The fourth-order valence-corrected chi connectivity index (χ4v) is 2.73. The van der Waals surface area contributed by atoms with E-state index in [-0.39, 0.29) is 36.1 Å². The zero-order valence-electron chi connectivity index (χ0n) is 12.6. The highest BCUT2D eigenvalue weighted by molar-refractivity contribution is 5.85. The van der Waals surface area contributed by atoms with Crippen LogP contribution in [0.1, 0.15) is 44.6 Å². The summed E-state index contributed by atoms with van der Waals surface area (Å²) in [5.41, 5.74) is 6.28. The molecule has 2 rings (SSSR count). The van der Waals surface area contributed by atoms with E-state index in [1.165, 1.54) is 6.07 Å². The minimum atomic E-state index is -0.463. The highest BCUT2D eigenvalue weighted by Crippen LogP contribution is 2.41. The lowest BCUT2D eigenvalue weighted by Crippen LogP contribution is -2.46. The summed E-state index contributed by atoms with van der Waals surface area (Å²) in [5, 5.41) is 3.07. The fraction of sp³-hybridized carbons (Fsp3) is 0.562. The molecule has 2 atom stereocenters. The number of benzene rings is 1. The Bertz CT molecular complexity index is 483. The van der Waals surface area contributed by atoms with Gasteiger partial charge in [0.2, 0.25) is 5.91 Å². The molecule has 1 aliphatic carbocycles. The van der Waals surface area contributed by atoms with E-state index in [2.05, 4.69) is 5.32 Å². The van der Waals surface area contributed by atoms with Gasteiger partial charge in [-0.15, -0.1) is 12.4 Å². The van der Waals surface area contributed by atoms with Crippen LogP contribution in [0.3, 0.4) is 0 Å². The lowest BCUT2D eigenvalue weighted by atomic mass is 9.81. The zero-order chi connectivity index (χ0) is 14.8. The molecule has 3 N–H and O–H groups in total. The van der Waals surface area contributed by atoms with Crippen molar-refractivity contribution < 1.29 is 9.18 Å². The SMILES string of the molecule is CCC(CC)(CN)C(=O)NC1CC1c1cccc(F)c1.Cl. The molecular formula is C16H24ClFN2O. The van der Waals surface area contributed by atoms with E-state index in [0.717, 1.165) is 24.8 Å². The van der Waals surface area contributed by atoms with Crippen LogP contribution in [0, 0.1) is 11.2 Å². The van der Waals surface area contributed by atoms with E-state index >= 15 is 0 Å². The molecule has 21 heavy (non-hydrogen) atoms. The third-order valence-electron chi connectivity index (χ3n) is 4.61. The molecule has 3 nitrogen and oxygen atoms in total. The summed E-state index contributed by atoms with van der Waals surface area (Å²) in [5.74, 6) is 0.0469. The highest BCUT2D eigenvalue weighted by Gasteiger charge is 2.43. The standard InChI is InChI=1S/C16H23FN2O.ClH/c1-3-16(4-2,10-18)15(20)19-14-9-13(14)11-6-5-7-12(17)8-11;/h5-8,13-14H,3-4,9-10,18H2,1-2H3,(H,19,20);1H. The largest absolute Gasteiger partial charge is 0.352 e. The molecule has 2 unspecified atom stereocenters. The lowest BCUT2D eigenvalue weighted by Gasteiger charge is -2.28. The van der Waals surface area contributed by atoms with Crippen LogP contribution in [0.2, 0.25) is 0 Å². The third-order valence-corrected chi connectivity index (χ3v) is 4.61. The van der Waals surface area contributed by atoms with E-state index in [4.69, 9.17) is 5.73 Å². The summed E-state index contributed by atoms with van der Waals surface area (Å²) >= 11 is 0. The monoisotopic (exact) mass is 314 g/mol. The van der Waals surface area contributed by atoms with Gasteiger partial charge >= 0.3 is 0 Å². The Kier molecular flexibility index (Phi) is 6.17. The van der Waals surface area contributed by atoms with Gasteiger partial charge in [-0.3, -0.25) is 4.79 Å². The third kappa shape index (κ3) is 3.74. The Hall–Kier alpha value is -1.13. The van der Waals surface area contributed by atoms with Crippen molar-refractivity contribution in [2.75, 3.05) is 6.54 Å². The summed E-state index contributed by atoms with van der Waals surface area (Å²) in [6, 6.07) is 6.73. The van der Waals surface area contributed by atoms with Crippen LogP contribution in [-0.4, -0.2) is 18.5 Å². The fourth-order valence-electron chi connectivity index (χ4n) is 2.73. The number of carbonyl (C=O) groups excluding carboxylic acids is 1. The van der Waals surface area contributed by atoms with E-state index in [1.54, 1.807) is 12.1 Å². The lowest BCUT2D eigenvalue weighted by molar-refractivity contribution is -0.131.